The molecule has 80 valence electrons. The predicted molar refractivity (Wildman–Crippen MR) is 50.7 cm³/mol. The molecule has 0 aromatic rings. The third-order valence-corrected chi connectivity index (χ3v) is 2.80. The maximum atomic E-state index is 11.7. The van der Waals surface area contributed by atoms with Gasteiger partial charge in [0, 0.05) is 12.5 Å². The lowest BCUT2D eigenvalue weighted by molar-refractivity contribution is -0.156. The van der Waals surface area contributed by atoms with E-state index in [0.717, 1.165) is 12.8 Å². The van der Waals surface area contributed by atoms with Crippen LogP contribution >= 0.6 is 0 Å². The molecule has 3 atom stereocenters. The van der Waals surface area contributed by atoms with Crippen LogP contribution < -0.4 is 5.73 Å². The number of rotatable bonds is 0. The molecule has 0 aromatic carbocycles. The summed E-state index contributed by atoms with van der Waals surface area (Å²) >= 11 is 0. The van der Waals surface area contributed by atoms with Crippen LogP contribution in [0.1, 0.15) is 33.1 Å². The van der Waals surface area contributed by atoms with Gasteiger partial charge in [0.25, 0.3) is 0 Å². The van der Waals surface area contributed by atoms with Gasteiger partial charge < -0.3 is 15.2 Å². The topological polar surface area (TPSA) is 61.5 Å². The lowest BCUT2D eigenvalue weighted by atomic mass is 10.1. The Labute approximate surface area is 83.7 Å². The lowest BCUT2D eigenvalue weighted by Gasteiger charge is -2.18. The largest absolute Gasteiger partial charge is 0.344 e. The minimum absolute atomic E-state index is 0.0615. The third-order valence-electron chi connectivity index (χ3n) is 2.80. The summed E-state index contributed by atoms with van der Waals surface area (Å²) < 4.78 is 11.2. The van der Waals surface area contributed by atoms with Crippen molar-refractivity contribution in [3.8, 4) is 0 Å². The van der Waals surface area contributed by atoms with Crippen molar-refractivity contribution in [2.45, 2.75) is 57.1 Å². The maximum absolute atomic E-state index is 11.7. The van der Waals surface area contributed by atoms with Crippen molar-refractivity contribution in [1.82, 2.24) is 0 Å². The number of Topliss-reactive ketones (excluding diaryl/α,β-unsaturated/α-hetero) is 1. The first-order chi connectivity index (χ1) is 6.48. The van der Waals surface area contributed by atoms with Crippen LogP contribution in [0.5, 0.6) is 0 Å². The Morgan fingerprint density at radius 1 is 1.43 bits per heavy atom. The summed E-state index contributed by atoms with van der Waals surface area (Å²) in [5.74, 6) is -0.504. The van der Waals surface area contributed by atoms with Gasteiger partial charge in [-0.2, -0.15) is 0 Å². The van der Waals surface area contributed by atoms with E-state index in [1.807, 2.05) is 13.8 Å². The van der Waals surface area contributed by atoms with E-state index in [4.69, 9.17) is 15.2 Å². The van der Waals surface area contributed by atoms with Gasteiger partial charge in [-0.3, -0.25) is 4.79 Å². The van der Waals surface area contributed by atoms with E-state index in [-0.39, 0.29) is 17.9 Å². The summed E-state index contributed by atoms with van der Waals surface area (Å²) in [7, 11) is 0. The summed E-state index contributed by atoms with van der Waals surface area (Å²) in [6.07, 6.45) is 1.45. The highest BCUT2D eigenvalue weighted by Gasteiger charge is 2.46. The molecule has 1 heterocycles. The highest BCUT2D eigenvalue weighted by atomic mass is 16.8. The van der Waals surface area contributed by atoms with E-state index in [9.17, 15) is 4.79 Å². The van der Waals surface area contributed by atoms with Crippen LogP contribution in [0.15, 0.2) is 0 Å². The van der Waals surface area contributed by atoms with Crippen LogP contribution in [0, 0.1) is 0 Å². The molecule has 0 bridgehead atoms. The van der Waals surface area contributed by atoms with Crippen LogP contribution in [-0.4, -0.2) is 29.8 Å². The van der Waals surface area contributed by atoms with Gasteiger partial charge in [0.15, 0.2) is 11.6 Å². The molecule has 4 nitrogen and oxygen atoms in total. The molecule has 2 rings (SSSR count). The Balaban J connectivity index is 2.15. The number of fused-ring (bicyclic) bond motifs is 1. The van der Waals surface area contributed by atoms with Crippen LogP contribution in [0.4, 0.5) is 0 Å². The van der Waals surface area contributed by atoms with E-state index in [2.05, 4.69) is 0 Å². The molecule has 0 spiro atoms. The van der Waals surface area contributed by atoms with Crippen molar-refractivity contribution in [3.63, 3.8) is 0 Å². The molecule has 0 amide bonds. The van der Waals surface area contributed by atoms with E-state index >= 15 is 0 Å². The predicted octanol–water partition coefficient (Wildman–Crippen LogP) is 0.587. The minimum Gasteiger partial charge on any atom is -0.344 e. The van der Waals surface area contributed by atoms with Gasteiger partial charge in [-0.25, -0.2) is 0 Å². The smallest absolute Gasteiger partial charge is 0.164 e. The number of hydrogen-bond donors (Lipinski definition) is 1. The SMILES string of the molecule is CC1(C)O[C@@H]2C(=O)CC[C@@H](N)C[C@H]2O1. The molecule has 1 saturated carbocycles. The summed E-state index contributed by atoms with van der Waals surface area (Å²) in [4.78, 5) is 11.7. The maximum Gasteiger partial charge on any atom is 0.164 e. The molecule has 14 heavy (non-hydrogen) atoms. The average molecular weight is 199 g/mol. The number of ether oxygens (including phenoxy) is 2. The quantitative estimate of drug-likeness (QED) is 0.620. The first-order valence-electron chi connectivity index (χ1n) is 5.12. The Bertz CT molecular complexity index is 252. The van der Waals surface area contributed by atoms with Gasteiger partial charge in [-0.1, -0.05) is 0 Å². The standard InChI is InChI=1S/C10H17NO3/c1-10(2)13-8-5-6(11)3-4-7(12)9(8)14-10/h6,8-9H,3-5,11H2,1-2H3/t6-,8-,9-/m1/s1. The van der Waals surface area contributed by atoms with Crippen molar-refractivity contribution < 1.29 is 14.3 Å². The zero-order chi connectivity index (χ0) is 10.3. The van der Waals surface area contributed by atoms with Crippen molar-refractivity contribution in [1.29, 1.82) is 0 Å². The molecule has 1 aliphatic carbocycles. The van der Waals surface area contributed by atoms with E-state index < -0.39 is 11.9 Å². The Kier molecular flexibility index (Phi) is 2.37. The summed E-state index contributed by atoms with van der Waals surface area (Å²) in [6.45, 7) is 3.67. The Morgan fingerprint density at radius 3 is 2.86 bits per heavy atom. The number of carbonyl (C=O) groups is 1. The van der Waals surface area contributed by atoms with Crippen molar-refractivity contribution in [2.75, 3.05) is 0 Å². The first kappa shape index (κ1) is 10.1. The van der Waals surface area contributed by atoms with Crippen molar-refractivity contribution in [3.05, 3.63) is 0 Å². The molecule has 1 aliphatic heterocycles. The Hall–Kier alpha value is -0.450. The zero-order valence-electron chi connectivity index (χ0n) is 8.66. The first-order valence-corrected chi connectivity index (χ1v) is 5.12. The molecule has 0 unspecified atom stereocenters. The number of nitrogens with two attached hydrogens (primary N) is 1. The minimum atomic E-state index is -0.637. The molecule has 1 saturated heterocycles. The van der Waals surface area contributed by atoms with Crippen molar-refractivity contribution in [2.24, 2.45) is 5.73 Å². The summed E-state index contributed by atoms with van der Waals surface area (Å²) in [5, 5.41) is 0. The highest BCUT2D eigenvalue weighted by molar-refractivity contribution is 5.84. The van der Waals surface area contributed by atoms with Crippen LogP contribution in [-0.2, 0) is 14.3 Å². The van der Waals surface area contributed by atoms with Gasteiger partial charge in [0.1, 0.15) is 6.10 Å². The second-order valence-corrected chi connectivity index (χ2v) is 4.60. The fourth-order valence-corrected chi connectivity index (χ4v) is 2.17. The van der Waals surface area contributed by atoms with Gasteiger partial charge in [-0.05, 0) is 26.7 Å². The summed E-state index contributed by atoms with van der Waals surface area (Å²) in [5.41, 5.74) is 5.85. The number of hydrogen-bond acceptors (Lipinski definition) is 4. The monoisotopic (exact) mass is 199 g/mol. The molecular weight excluding hydrogens is 182 g/mol. The average Bonchev–Trinajstić information content (AvgIpc) is 2.31. The molecule has 4 heteroatoms. The molecule has 2 aliphatic rings. The third kappa shape index (κ3) is 1.82. The fraction of sp³-hybridized carbons (Fsp3) is 0.900. The zero-order valence-corrected chi connectivity index (χ0v) is 8.66. The molecule has 2 fully saturated rings. The van der Waals surface area contributed by atoms with E-state index in [1.54, 1.807) is 0 Å². The second-order valence-electron chi connectivity index (χ2n) is 4.60. The van der Waals surface area contributed by atoms with Crippen LogP contribution in [0.2, 0.25) is 0 Å². The van der Waals surface area contributed by atoms with Crippen LogP contribution in [0.25, 0.3) is 0 Å². The fourth-order valence-electron chi connectivity index (χ4n) is 2.17. The highest BCUT2D eigenvalue weighted by Crippen LogP contribution is 2.33. The van der Waals surface area contributed by atoms with Crippen LogP contribution in [0.3, 0.4) is 0 Å². The molecule has 2 N–H and O–H groups in total. The Morgan fingerprint density at radius 2 is 2.14 bits per heavy atom. The normalized spacial score (nSPS) is 41.9. The van der Waals surface area contributed by atoms with Gasteiger partial charge in [0.2, 0.25) is 0 Å². The number of ketones is 1. The van der Waals surface area contributed by atoms with Gasteiger partial charge in [0.05, 0.1) is 6.10 Å². The molecular formula is C10H17NO3. The number of carbonyl (C=O) groups excluding carboxylic acids is 1. The van der Waals surface area contributed by atoms with Crippen molar-refractivity contribution >= 4 is 5.78 Å². The van der Waals surface area contributed by atoms with E-state index in [1.165, 1.54) is 0 Å². The molecule has 0 aromatic heterocycles. The summed E-state index contributed by atoms with van der Waals surface area (Å²) in [6, 6.07) is 0.0615. The van der Waals surface area contributed by atoms with Gasteiger partial charge in [-0.15, -0.1) is 0 Å². The molecule has 0 radical (unpaired) electrons. The van der Waals surface area contributed by atoms with E-state index in [0.29, 0.717) is 6.42 Å². The lowest BCUT2D eigenvalue weighted by Crippen LogP contribution is -2.31. The van der Waals surface area contributed by atoms with Gasteiger partial charge >= 0.3 is 0 Å². The second kappa shape index (κ2) is 3.29.